The molecule has 0 spiro atoms. The number of carboxylic acid groups (broad SMARTS) is 2. The van der Waals surface area contributed by atoms with Crippen molar-refractivity contribution in [3.05, 3.63) is 0 Å². The molecule has 0 aromatic rings. The summed E-state index contributed by atoms with van der Waals surface area (Å²) in [7, 11) is 0. The Balaban J connectivity index is 3.70. The molecule has 0 aliphatic heterocycles. The molecule has 6 heteroatoms. The average Bonchev–Trinajstić information content (AvgIpc) is 2.54. The van der Waals surface area contributed by atoms with Crippen LogP contribution in [0.2, 0.25) is 0 Å². The Bertz CT molecular complexity index is 357. The van der Waals surface area contributed by atoms with Crippen LogP contribution in [0.15, 0.2) is 0 Å². The molecule has 0 aromatic heterocycles. The Morgan fingerprint density at radius 1 is 0.792 bits per heavy atom. The van der Waals surface area contributed by atoms with E-state index in [9.17, 15) is 19.8 Å². The molecule has 0 rings (SSSR count). The van der Waals surface area contributed by atoms with Gasteiger partial charge in [0.05, 0.1) is 0 Å². The maximum absolute atomic E-state index is 11.0. The topological polar surface area (TPSA) is 115 Å². The lowest BCUT2D eigenvalue weighted by molar-refractivity contribution is -0.184. The maximum Gasteiger partial charge on any atom is 0.339 e. The van der Waals surface area contributed by atoms with E-state index in [1.807, 2.05) is 0 Å². The van der Waals surface area contributed by atoms with E-state index in [0.717, 1.165) is 25.7 Å². The van der Waals surface area contributed by atoms with E-state index in [4.69, 9.17) is 10.2 Å². The minimum atomic E-state index is -2.61. The van der Waals surface area contributed by atoms with Crippen molar-refractivity contribution in [2.75, 3.05) is 0 Å². The predicted molar refractivity (Wildman–Crippen MR) is 91.9 cm³/mol. The fraction of sp³-hybridized carbons (Fsp3) is 0.889. The highest BCUT2D eigenvalue weighted by Gasteiger charge is 2.47. The molecule has 4 N–H and O–H groups in total. The standard InChI is InChI=1S/C18H34O6/c1-2-3-4-5-6-7-8-9-10-11-12-13-14-18(24,17(22)23)15(19)16(20)21/h15,19,24H,2-14H2,1H3,(H,20,21)(H,22,23). The highest BCUT2D eigenvalue weighted by atomic mass is 16.4. The fourth-order valence-corrected chi connectivity index (χ4v) is 2.80. The van der Waals surface area contributed by atoms with E-state index >= 15 is 0 Å². The first-order chi connectivity index (χ1) is 11.4. The fourth-order valence-electron chi connectivity index (χ4n) is 2.80. The van der Waals surface area contributed by atoms with Crippen LogP contribution < -0.4 is 0 Å². The molecular formula is C18H34O6. The summed E-state index contributed by atoms with van der Waals surface area (Å²) in [5.41, 5.74) is -2.61. The van der Waals surface area contributed by atoms with E-state index < -0.39 is 23.6 Å². The molecule has 24 heavy (non-hydrogen) atoms. The molecule has 0 radical (unpaired) electrons. The average molecular weight is 346 g/mol. The van der Waals surface area contributed by atoms with Gasteiger partial charge in [-0.3, -0.25) is 0 Å². The second-order valence-electron chi connectivity index (χ2n) is 6.61. The third-order valence-electron chi connectivity index (χ3n) is 4.47. The summed E-state index contributed by atoms with van der Waals surface area (Å²) < 4.78 is 0. The number of carboxylic acids is 2. The summed E-state index contributed by atoms with van der Waals surface area (Å²) in [4.78, 5) is 21.7. The zero-order valence-electron chi connectivity index (χ0n) is 14.9. The zero-order chi connectivity index (χ0) is 18.4. The normalized spacial score (nSPS) is 15.0. The van der Waals surface area contributed by atoms with Crippen LogP contribution in [0.1, 0.15) is 90.4 Å². The molecule has 0 aliphatic carbocycles. The third-order valence-corrected chi connectivity index (χ3v) is 4.47. The Labute approximate surface area is 144 Å². The van der Waals surface area contributed by atoms with E-state index in [1.165, 1.54) is 44.9 Å². The molecule has 142 valence electrons. The second kappa shape index (κ2) is 13.2. The molecule has 0 saturated heterocycles. The lowest BCUT2D eigenvalue weighted by Crippen LogP contribution is -2.53. The van der Waals surface area contributed by atoms with Gasteiger partial charge in [0, 0.05) is 0 Å². The molecular weight excluding hydrogens is 312 g/mol. The number of hydrogen-bond acceptors (Lipinski definition) is 4. The highest BCUT2D eigenvalue weighted by molar-refractivity contribution is 5.87. The lowest BCUT2D eigenvalue weighted by atomic mass is 9.90. The predicted octanol–water partition coefficient (Wildman–Crippen LogP) is 3.34. The third kappa shape index (κ3) is 9.23. The minimum absolute atomic E-state index is 0.257. The van der Waals surface area contributed by atoms with Crippen molar-refractivity contribution < 1.29 is 30.0 Å². The summed E-state index contributed by atoms with van der Waals surface area (Å²) in [5, 5.41) is 36.9. The van der Waals surface area contributed by atoms with Gasteiger partial charge in [-0.25, -0.2) is 9.59 Å². The highest BCUT2D eigenvalue weighted by Crippen LogP contribution is 2.21. The number of hydrogen-bond donors (Lipinski definition) is 4. The van der Waals surface area contributed by atoms with Crippen LogP contribution in [0.4, 0.5) is 0 Å². The van der Waals surface area contributed by atoms with Gasteiger partial charge in [-0.2, -0.15) is 0 Å². The van der Waals surface area contributed by atoms with Gasteiger partial charge in [-0.1, -0.05) is 77.6 Å². The minimum Gasteiger partial charge on any atom is -0.479 e. The summed E-state index contributed by atoms with van der Waals surface area (Å²) in [6.45, 7) is 2.21. The van der Waals surface area contributed by atoms with Crippen molar-refractivity contribution in [1.82, 2.24) is 0 Å². The van der Waals surface area contributed by atoms with Crippen molar-refractivity contribution in [2.45, 2.75) is 102 Å². The first-order valence-corrected chi connectivity index (χ1v) is 9.23. The Hall–Kier alpha value is -1.14. The summed E-state index contributed by atoms with van der Waals surface area (Å²) in [6, 6.07) is 0. The Kier molecular flexibility index (Phi) is 12.6. The molecule has 0 aliphatic rings. The van der Waals surface area contributed by atoms with Gasteiger partial charge in [0.1, 0.15) is 0 Å². The van der Waals surface area contributed by atoms with Crippen molar-refractivity contribution in [3.63, 3.8) is 0 Å². The quantitative estimate of drug-likeness (QED) is 0.319. The van der Waals surface area contributed by atoms with Crippen LogP contribution >= 0.6 is 0 Å². The number of unbranched alkanes of at least 4 members (excludes halogenated alkanes) is 11. The number of carbonyl (C=O) groups is 2. The van der Waals surface area contributed by atoms with Crippen molar-refractivity contribution >= 4 is 11.9 Å². The number of aliphatic hydroxyl groups is 2. The molecule has 0 amide bonds. The van der Waals surface area contributed by atoms with Gasteiger partial charge in [-0.15, -0.1) is 0 Å². The van der Waals surface area contributed by atoms with Crippen LogP contribution in [0.5, 0.6) is 0 Å². The molecule has 0 fully saturated rings. The zero-order valence-corrected chi connectivity index (χ0v) is 14.9. The summed E-state index contributed by atoms with van der Waals surface area (Å²) in [5.74, 6) is -3.42. The van der Waals surface area contributed by atoms with Crippen molar-refractivity contribution in [2.24, 2.45) is 0 Å². The molecule has 0 saturated carbocycles. The molecule has 0 aromatic carbocycles. The Morgan fingerprint density at radius 3 is 1.50 bits per heavy atom. The number of aliphatic carboxylic acids is 2. The molecule has 0 heterocycles. The van der Waals surface area contributed by atoms with Crippen molar-refractivity contribution in [3.8, 4) is 0 Å². The van der Waals surface area contributed by atoms with E-state index in [2.05, 4.69) is 6.92 Å². The second-order valence-corrected chi connectivity index (χ2v) is 6.61. The van der Waals surface area contributed by atoms with Crippen LogP contribution in [-0.2, 0) is 9.59 Å². The van der Waals surface area contributed by atoms with Crippen LogP contribution in [0.3, 0.4) is 0 Å². The van der Waals surface area contributed by atoms with Gasteiger partial charge in [-0.05, 0) is 12.8 Å². The smallest absolute Gasteiger partial charge is 0.339 e. The SMILES string of the molecule is CCCCCCCCCCCCCCC(O)(C(=O)O)C(O)C(=O)O. The van der Waals surface area contributed by atoms with E-state index in [0.29, 0.717) is 6.42 Å². The lowest BCUT2D eigenvalue weighted by Gasteiger charge is -2.25. The van der Waals surface area contributed by atoms with Gasteiger partial charge >= 0.3 is 11.9 Å². The Morgan fingerprint density at radius 2 is 1.17 bits per heavy atom. The van der Waals surface area contributed by atoms with Gasteiger partial charge in [0.15, 0.2) is 11.7 Å². The summed E-state index contributed by atoms with van der Waals surface area (Å²) >= 11 is 0. The maximum atomic E-state index is 11.0. The largest absolute Gasteiger partial charge is 0.479 e. The molecule has 2 atom stereocenters. The molecule has 6 nitrogen and oxygen atoms in total. The molecule has 0 bridgehead atoms. The first kappa shape index (κ1) is 22.9. The number of aliphatic hydroxyl groups excluding tert-OH is 1. The van der Waals surface area contributed by atoms with Crippen molar-refractivity contribution in [1.29, 1.82) is 0 Å². The van der Waals surface area contributed by atoms with Crippen LogP contribution in [0, 0.1) is 0 Å². The van der Waals surface area contributed by atoms with Gasteiger partial charge < -0.3 is 20.4 Å². The molecule has 2 unspecified atom stereocenters. The van der Waals surface area contributed by atoms with Crippen LogP contribution in [-0.4, -0.2) is 44.1 Å². The number of rotatable bonds is 16. The van der Waals surface area contributed by atoms with Crippen LogP contribution in [0.25, 0.3) is 0 Å². The van der Waals surface area contributed by atoms with Gasteiger partial charge in [0.25, 0.3) is 0 Å². The summed E-state index contributed by atoms with van der Waals surface area (Å²) in [6.07, 6.45) is 10.6. The van der Waals surface area contributed by atoms with E-state index in [-0.39, 0.29) is 6.42 Å². The van der Waals surface area contributed by atoms with Gasteiger partial charge in [0.2, 0.25) is 0 Å². The van der Waals surface area contributed by atoms with E-state index in [1.54, 1.807) is 0 Å². The first-order valence-electron chi connectivity index (χ1n) is 9.23. The monoisotopic (exact) mass is 346 g/mol.